The molecule has 1 atom stereocenters. The Hall–Kier alpha value is -0.0800. The van der Waals surface area contributed by atoms with Crippen LogP contribution >= 0.6 is 0 Å². The van der Waals surface area contributed by atoms with Crippen molar-refractivity contribution in [3.05, 3.63) is 0 Å². The molecule has 0 amide bonds. The molecule has 17 heavy (non-hydrogen) atoms. The summed E-state index contributed by atoms with van der Waals surface area (Å²) in [6.07, 6.45) is 7.14. The lowest BCUT2D eigenvalue weighted by atomic mass is 10.1. The minimum absolute atomic E-state index is 0.751. The van der Waals surface area contributed by atoms with E-state index in [4.69, 9.17) is 0 Å². The molecule has 1 unspecified atom stereocenters. The van der Waals surface area contributed by atoms with Crippen molar-refractivity contribution >= 4 is 0 Å². The topological polar surface area (TPSA) is 15.3 Å². The molecule has 2 fully saturated rings. The molecule has 0 radical (unpaired) electrons. The zero-order valence-corrected chi connectivity index (χ0v) is 11.9. The van der Waals surface area contributed by atoms with E-state index in [1.165, 1.54) is 51.7 Å². The number of nitrogens with zero attached hydrogens (tertiary/aromatic N) is 1. The maximum Gasteiger partial charge on any atom is 0.0110 e. The van der Waals surface area contributed by atoms with E-state index in [2.05, 4.69) is 31.0 Å². The summed E-state index contributed by atoms with van der Waals surface area (Å²) < 4.78 is 0. The Morgan fingerprint density at radius 1 is 1.06 bits per heavy atom. The third-order valence-electron chi connectivity index (χ3n) is 4.25. The van der Waals surface area contributed by atoms with E-state index < -0.39 is 0 Å². The Balaban J connectivity index is 1.59. The zero-order valence-electron chi connectivity index (χ0n) is 11.9. The zero-order chi connectivity index (χ0) is 12.3. The molecule has 2 nitrogen and oxygen atoms in total. The molecule has 1 N–H and O–H groups in total. The van der Waals surface area contributed by atoms with Gasteiger partial charge in [-0.3, -0.25) is 4.90 Å². The molecule has 2 rings (SSSR count). The predicted octanol–water partition coefficient (Wildman–Crippen LogP) is 2.89. The number of hydrogen-bond donors (Lipinski definition) is 1. The van der Waals surface area contributed by atoms with Gasteiger partial charge < -0.3 is 5.32 Å². The van der Waals surface area contributed by atoms with Crippen LogP contribution in [0.25, 0.3) is 0 Å². The van der Waals surface area contributed by atoms with Crippen molar-refractivity contribution in [1.82, 2.24) is 10.2 Å². The van der Waals surface area contributed by atoms with Crippen LogP contribution in [0.15, 0.2) is 0 Å². The molecule has 2 saturated carbocycles. The Bertz CT molecular complexity index is 219. The normalized spacial score (nSPS) is 22.4. The fraction of sp³-hybridized carbons (Fsp3) is 1.00. The van der Waals surface area contributed by atoms with E-state index in [0.717, 1.165) is 23.9 Å². The van der Waals surface area contributed by atoms with E-state index >= 15 is 0 Å². The lowest BCUT2D eigenvalue weighted by molar-refractivity contribution is 0.243. The fourth-order valence-corrected chi connectivity index (χ4v) is 2.54. The van der Waals surface area contributed by atoms with Crippen molar-refractivity contribution in [1.29, 1.82) is 0 Å². The molecular formula is C15H30N2. The summed E-state index contributed by atoms with van der Waals surface area (Å²) >= 11 is 0. The summed E-state index contributed by atoms with van der Waals surface area (Å²) in [6, 6.07) is 1.67. The van der Waals surface area contributed by atoms with E-state index in [1.807, 2.05) is 0 Å². The molecule has 100 valence electrons. The second-order valence-electron chi connectivity index (χ2n) is 6.53. The molecule has 0 aromatic carbocycles. The molecule has 0 saturated heterocycles. The van der Waals surface area contributed by atoms with Gasteiger partial charge in [0.2, 0.25) is 0 Å². The summed E-state index contributed by atoms with van der Waals surface area (Å²) in [5.41, 5.74) is 0. The van der Waals surface area contributed by atoms with Gasteiger partial charge in [0.1, 0.15) is 0 Å². The molecule has 0 aromatic heterocycles. The van der Waals surface area contributed by atoms with Gasteiger partial charge >= 0.3 is 0 Å². The maximum absolute atomic E-state index is 3.70. The minimum atomic E-state index is 0.751. The second kappa shape index (κ2) is 6.19. The molecule has 2 heteroatoms. The highest BCUT2D eigenvalue weighted by molar-refractivity contribution is 4.86. The molecule has 0 aliphatic heterocycles. The lowest BCUT2D eigenvalue weighted by Gasteiger charge is -2.24. The van der Waals surface area contributed by atoms with E-state index in [-0.39, 0.29) is 0 Å². The second-order valence-corrected chi connectivity index (χ2v) is 6.53. The summed E-state index contributed by atoms with van der Waals surface area (Å²) in [7, 11) is 0. The third-order valence-corrected chi connectivity index (χ3v) is 4.25. The highest BCUT2D eigenvalue weighted by Crippen LogP contribution is 2.32. The van der Waals surface area contributed by atoms with Crippen LogP contribution in [0.2, 0.25) is 0 Å². The van der Waals surface area contributed by atoms with Gasteiger partial charge in [0.25, 0.3) is 0 Å². The van der Waals surface area contributed by atoms with Gasteiger partial charge in [0, 0.05) is 25.2 Å². The van der Waals surface area contributed by atoms with Gasteiger partial charge in [-0.25, -0.2) is 0 Å². The van der Waals surface area contributed by atoms with Crippen LogP contribution < -0.4 is 5.32 Å². The Kier molecular flexibility index (Phi) is 4.87. The van der Waals surface area contributed by atoms with Crippen molar-refractivity contribution in [3.63, 3.8) is 0 Å². The van der Waals surface area contributed by atoms with Gasteiger partial charge in [-0.1, -0.05) is 13.8 Å². The van der Waals surface area contributed by atoms with Gasteiger partial charge in [-0.05, 0) is 57.4 Å². The summed E-state index contributed by atoms with van der Waals surface area (Å²) in [5, 5.41) is 3.70. The first-order valence-electron chi connectivity index (χ1n) is 7.64. The van der Waals surface area contributed by atoms with Crippen LogP contribution in [0.4, 0.5) is 0 Å². The van der Waals surface area contributed by atoms with Gasteiger partial charge in [-0.2, -0.15) is 0 Å². The molecule has 0 spiro atoms. The monoisotopic (exact) mass is 238 g/mol. The molecule has 0 heterocycles. The molecular weight excluding hydrogens is 208 g/mol. The van der Waals surface area contributed by atoms with Crippen LogP contribution in [-0.4, -0.2) is 36.6 Å². The largest absolute Gasteiger partial charge is 0.313 e. The third kappa shape index (κ3) is 4.97. The van der Waals surface area contributed by atoms with Crippen LogP contribution in [-0.2, 0) is 0 Å². The Morgan fingerprint density at radius 2 is 1.76 bits per heavy atom. The van der Waals surface area contributed by atoms with Gasteiger partial charge in [0.05, 0.1) is 0 Å². The van der Waals surface area contributed by atoms with E-state index in [1.54, 1.807) is 0 Å². The van der Waals surface area contributed by atoms with Gasteiger partial charge in [0.15, 0.2) is 0 Å². The highest BCUT2D eigenvalue weighted by Gasteiger charge is 2.30. The first-order chi connectivity index (χ1) is 8.16. The summed E-state index contributed by atoms with van der Waals surface area (Å²) in [5.74, 6) is 1.83. The molecule has 2 aliphatic rings. The van der Waals surface area contributed by atoms with Gasteiger partial charge in [-0.15, -0.1) is 0 Å². The Labute approximate surface area is 107 Å². The van der Waals surface area contributed by atoms with E-state index in [9.17, 15) is 0 Å². The molecule has 0 aromatic rings. The molecule has 0 bridgehead atoms. The number of rotatable bonds is 9. The average molecular weight is 238 g/mol. The van der Waals surface area contributed by atoms with Crippen LogP contribution in [0.5, 0.6) is 0 Å². The smallest absolute Gasteiger partial charge is 0.0110 e. The van der Waals surface area contributed by atoms with Crippen molar-refractivity contribution in [3.8, 4) is 0 Å². The average Bonchev–Trinajstić information content (AvgIpc) is 3.16. The first kappa shape index (κ1) is 13.4. The predicted molar refractivity (Wildman–Crippen MR) is 74.2 cm³/mol. The van der Waals surface area contributed by atoms with Crippen molar-refractivity contribution in [2.24, 2.45) is 11.8 Å². The number of hydrogen-bond acceptors (Lipinski definition) is 2. The van der Waals surface area contributed by atoms with Crippen molar-refractivity contribution in [2.75, 3.05) is 19.6 Å². The SMILES string of the molecule is CC(C)CCN(CCNC(C)C1CC1)C1CC1. The first-order valence-corrected chi connectivity index (χ1v) is 7.64. The van der Waals surface area contributed by atoms with Crippen molar-refractivity contribution < 1.29 is 0 Å². The van der Waals surface area contributed by atoms with Crippen molar-refractivity contribution in [2.45, 2.75) is 65.0 Å². The lowest BCUT2D eigenvalue weighted by Crippen LogP contribution is -2.38. The maximum atomic E-state index is 3.70. The standard InChI is InChI=1S/C15H30N2/c1-12(2)8-10-17(15-6-7-15)11-9-16-13(3)14-4-5-14/h12-16H,4-11H2,1-3H3. The fourth-order valence-electron chi connectivity index (χ4n) is 2.54. The highest BCUT2D eigenvalue weighted by atomic mass is 15.2. The van der Waals surface area contributed by atoms with Crippen LogP contribution in [0.3, 0.4) is 0 Å². The van der Waals surface area contributed by atoms with Crippen LogP contribution in [0.1, 0.15) is 52.9 Å². The number of nitrogens with one attached hydrogen (secondary N) is 1. The quantitative estimate of drug-likeness (QED) is 0.664. The Morgan fingerprint density at radius 3 is 2.29 bits per heavy atom. The van der Waals surface area contributed by atoms with Crippen LogP contribution in [0, 0.1) is 11.8 Å². The summed E-state index contributed by atoms with van der Waals surface area (Å²) in [6.45, 7) is 10.8. The minimum Gasteiger partial charge on any atom is -0.313 e. The summed E-state index contributed by atoms with van der Waals surface area (Å²) in [4.78, 5) is 2.71. The molecule has 2 aliphatic carbocycles. The van der Waals surface area contributed by atoms with E-state index in [0.29, 0.717) is 0 Å².